The van der Waals surface area contributed by atoms with Crippen molar-refractivity contribution in [2.24, 2.45) is 0 Å². The maximum atomic E-state index is 10.8. The first kappa shape index (κ1) is 13.6. The van der Waals surface area contributed by atoms with Crippen molar-refractivity contribution < 1.29 is 24.8 Å². The highest BCUT2D eigenvalue weighted by atomic mass is 16.5. The number of rotatable bonds is 2. The molecule has 1 atom stereocenters. The van der Waals surface area contributed by atoms with Crippen molar-refractivity contribution in [3.8, 4) is 23.0 Å². The molecular formula is C16H16O5. The molecule has 1 aliphatic rings. The second-order valence-electron chi connectivity index (χ2n) is 5.17. The zero-order valence-corrected chi connectivity index (χ0v) is 11.5. The molecule has 0 fully saturated rings. The minimum Gasteiger partial charge on any atom is -0.508 e. The summed E-state index contributed by atoms with van der Waals surface area (Å²) in [6, 6.07) is 9.53. The van der Waals surface area contributed by atoms with E-state index < -0.39 is 5.60 Å². The molecule has 21 heavy (non-hydrogen) atoms. The van der Waals surface area contributed by atoms with Gasteiger partial charge in [0.05, 0.1) is 7.11 Å². The van der Waals surface area contributed by atoms with Crippen molar-refractivity contribution in [1.82, 2.24) is 0 Å². The van der Waals surface area contributed by atoms with Gasteiger partial charge < -0.3 is 24.8 Å². The van der Waals surface area contributed by atoms with Gasteiger partial charge in [0.15, 0.2) is 0 Å². The molecule has 0 bridgehead atoms. The van der Waals surface area contributed by atoms with Crippen molar-refractivity contribution in [1.29, 1.82) is 0 Å². The van der Waals surface area contributed by atoms with E-state index in [9.17, 15) is 15.3 Å². The van der Waals surface area contributed by atoms with Gasteiger partial charge >= 0.3 is 0 Å². The SMILES string of the molecule is COc1ccc([C@]2(O)COc3cc(O)ccc3C2)c(O)c1. The molecular weight excluding hydrogens is 272 g/mol. The minimum absolute atomic E-state index is 0.00332. The maximum Gasteiger partial charge on any atom is 0.131 e. The molecule has 0 unspecified atom stereocenters. The largest absolute Gasteiger partial charge is 0.508 e. The Balaban J connectivity index is 1.97. The van der Waals surface area contributed by atoms with Gasteiger partial charge in [0.1, 0.15) is 35.2 Å². The van der Waals surface area contributed by atoms with Gasteiger partial charge in [0, 0.05) is 24.1 Å². The summed E-state index contributed by atoms with van der Waals surface area (Å²) in [7, 11) is 1.51. The van der Waals surface area contributed by atoms with Gasteiger partial charge in [-0.3, -0.25) is 0 Å². The van der Waals surface area contributed by atoms with Gasteiger partial charge in [-0.25, -0.2) is 0 Å². The van der Waals surface area contributed by atoms with Crippen LogP contribution in [0.25, 0.3) is 0 Å². The molecule has 1 aliphatic heterocycles. The summed E-state index contributed by atoms with van der Waals surface area (Å²) in [5, 5.41) is 30.4. The van der Waals surface area contributed by atoms with E-state index in [1.165, 1.54) is 19.2 Å². The first-order chi connectivity index (χ1) is 10.0. The van der Waals surface area contributed by atoms with E-state index in [2.05, 4.69) is 0 Å². The van der Waals surface area contributed by atoms with Crippen LogP contribution in [0.1, 0.15) is 11.1 Å². The first-order valence-corrected chi connectivity index (χ1v) is 6.56. The Bertz CT molecular complexity index is 682. The van der Waals surface area contributed by atoms with E-state index in [0.717, 1.165) is 5.56 Å². The molecule has 0 amide bonds. The Morgan fingerprint density at radius 1 is 1.14 bits per heavy atom. The maximum absolute atomic E-state index is 10.8. The van der Waals surface area contributed by atoms with E-state index in [-0.39, 0.29) is 18.1 Å². The molecule has 5 nitrogen and oxygen atoms in total. The summed E-state index contributed by atoms with van der Waals surface area (Å²) in [5.74, 6) is 1.14. The van der Waals surface area contributed by atoms with Gasteiger partial charge in [-0.2, -0.15) is 0 Å². The zero-order valence-electron chi connectivity index (χ0n) is 11.5. The van der Waals surface area contributed by atoms with Crippen molar-refractivity contribution in [2.75, 3.05) is 13.7 Å². The van der Waals surface area contributed by atoms with E-state index in [0.29, 0.717) is 23.5 Å². The lowest BCUT2D eigenvalue weighted by Gasteiger charge is -2.34. The van der Waals surface area contributed by atoms with Gasteiger partial charge in [0.2, 0.25) is 0 Å². The monoisotopic (exact) mass is 288 g/mol. The topological polar surface area (TPSA) is 79.2 Å². The fraction of sp³-hybridized carbons (Fsp3) is 0.250. The van der Waals surface area contributed by atoms with Crippen molar-refractivity contribution in [3.05, 3.63) is 47.5 Å². The molecule has 2 aromatic rings. The van der Waals surface area contributed by atoms with Gasteiger partial charge in [-0.15, -0.1) is 0 Å². The van der Waals surface area contributed by atoms with Crippen molar-refractivity contribution in [2.45, 2.75) is 12.0 Å². The number of hydrogen-bond acceptors (Lipinski definition) is 5. The Labute approximate surface area is 122 Å². The number of phenols is 2. The quantitative estimate of drug-likeness (QED) is 0.787. The first-order valence-electron chi connectivity index (χ1n) is 6.56. The highest BCUT2D eigenvalue weighted by Crippen LogP contribution is 2.40. The number of phenolic OH excluding ortho intramolecular Hbond substituents is 2. The van der Waals surface area contributed by atoms with Crippen LogP contribution in [0.3, 0.4) is 0 Å². The Morgan fingerprint density at radius 3 is 2.67 bits per heavy atom. The van der Waals surface area contributed by atoms with E-state index >= 15 is 0 Å². The number of aromatic hydroxyl groups is 2. The second kappa shape index (κ2) is 4.86. The van der Waals surface area contributed by atoms with Crippen LogP contribution in [-0.2, 0) is 12.0 Å². The van der Waals surface area contributed by atoms with Crippen molar-refractivity contribution >= 4 is 0 Å². The molecule has 3 N–H and O–H groups in total. The summed E-state index contributed by atoms with van der Waals surface area (Å²) in [4.78, 5) is 0. The Morgan fingerprint density at radius 2 is 1.95 bits per heavy atom. The molecule has 0 saturated heterocycles. The highest BCUT2D eigenvalue weighted by molar-refractivity contribution is 5.48. The van der Waals surface area contributed by atoms with E-state index in [1.54, 1.807) is 24.3 Å². The standard InChI is InChI=1S/C16H16O5/c1-20-12-4-5-13(14(18)7-12)16(19)8-10-2-3-11(17)6-15(10)21-9-16/h2-7,17-19H,8-9H2,1H3/t16-/m1/s1. The summed E-state index contributed by atoms with van der Waals surface area (Å²) in [5.41, 5.74) is -0.154. The van der Waals surface area contributed by atoms with Crippen LogP contribution < -0.4 is 9.47 Å². The van der Waals surface area contributed by atoms with E-state index in [1.807, 2.05) is 0 Å². The van der Waals surface area contributed by atoms with Crippen LogP contribution in [0, 0.1) is 0 Å². The lowest BCUT2D eigenvalue weighted by Crippen LogP contribution is -2.38. The smallest absolute Gasteiger partial charge is 0.131 e. The van der Waals surface area contributed by atoms with E-state index in [4.69, 9.17) is 9.47 Å². The summed E-state index contributed by atoms with van der Waals surface area (Å²) in [6.07, 6.45) is 0.294. The predicted octanol–water partition coefficient (Wildman–Crippen LogP) is 1.93. The number of hydrogen-bond donors (Lipinski definition) is 3. The van der Waals surface area contributed by atoms with Crippen LogP contribution in [-0.4, -0.2) is 29.0 Å². The van der Waals surface area contributed by atoms with Crippen LogP contribution in [0.2, 0.25) is 0 Å². The van der Waals surface area contributed by atoms with Crippen LogP contribution in [0.15, 0.2) is 36.4 Å². The minimum atomic E-state index is -1.32. The third kappa shape index (κ3) is 2.36. The molecule has 2 aromatic carbocycles. The molecule has 0 saturated carbocycles. The molecule has 0 aliphatic carbocycles. The second-order valence-corrected chi connectivity index (χ2v) is 5.17. The molecule has 3 rings (SSSR count). The van der Waals surface area contributed by atoms with Crippen LogP contribution in [0.5, 0.6) is 23.0 Å². The number of aliphatic hydroxyl groups is 1. The Hall–Kier alpha value is -2.40. The number of benzene rings is 2. The average molecular weight is 288 g/mol. The summed E-state index contributed by atoms with van der Waals surface area (Å²) >= 11 is 0. The normalized spacial score (nSPS) is 20.5. The van der Waals surface area contributed by atoms with Crippen LogP contribution >= 0.6 is 0 Å². The molecule has 0 spiro atoms. The Kier molecular flexibility index (Phi) is 3.14. The lowest BCUT2D eigenvalue weighted by molar-refractivity contribution is -0.0233. The number of ether oxygens (including phenoxy) is 2. The fourth-order valence-electron chi connectivity index (χ4n) is 2.59. The third-order valence-electron chi connectivity index (χ3n) is 3.71. The molecule has 0 radical (unpaired) electrons. The molecule has 0 aromatic heterocycles. The van der Waals surface area contributed by atoms with Gasteiger partial charge in [-0.1, -0.05) is 6.07 Å². The zero-order chi connectivity index (χ0) is 15.0. The molecule has 110 valence electrons. The predicted molar refractivity (Wildman–Crippen MR) is 75.9 cm³/mol. The highest BCUT2D eigenvalue weighted by Gasteiger charge is 2.37. The van der Waals surface area contributed by atoms with Crippen LogP contribution in [0.4, 0.5) is 0 Å². The third-order valence-corrected chi connectivity index (χ3v) is 3.71. The van der Waals surface area contributed by atoms with Crippen molar-refractivity contribution in [3.63, 3.8) is 0 Å². The summed E-state index contributed by atoms with van der Waals surface area (Å²) < 4.78 is 10.6. The number of methoxy groups -OCH3 is 1. The summed E-state index contributed by atoms with van der Waals surface area (Å²) in [6.45, 7) is 0.00332. The van der Waals surface area contributed by atoms with Gasteiger partial charge in [0.25, 0.3) is 0 Å². The lowest BCUT2D eigenvalue weighted by atomic mass is 9.85. The average Bonchev–Trinajstić information content (AvgIpc) is 2.47. The fourth-order valence-corrected chi connectivity index (χ4v) is 2.59. The molecule has 1 heterocycles. The number of fused-ring (bicyclic) bond motifs is 1. The molecule has 5 heteroatoms. The van der Waals surface area contributed by atoms with Gasteiger partial charge in [-0.05, 0) is 23.8 Å².